The van der Waals surface area contributed by atoms with Crippen molar-refractivity contribution in [2.24, 2.45) is 0 Å². The van der Waals surface area contributed by atoms with Gasteiger partial charge in [-0.25, -0.2) is 4.68 Å². The molecule has 2 aromatic rings. The molecular formula is C15H14F3N3O. The van der Waals surface area contributed by atoms with Crippen LogP contribution in [0.5, 0.6) is 0 Å². The van der Waals surface area contributed by atoms with Crippen molar-refractivity contribution >= 4 is 11.6 Å². The number of anilines is 1. The van der Waals surface area contributed by atoms with E-state index in [1.54, 1.807) is 30.3 Å². The SMILES string of the molecule is CC(=O)c1cnn2c1NC(c1ccccc1)CC2C(F)(F)F. The van der Waals surface area contributed by atoms with Crippen LogP contribution in [0, 0.1) is 0 Å². The highest BCUT2D eigenvalue weighted by Gasteiger charge is 2.47. The minimum atomic E-state index is -4.43. The van der Waals surface area contributed by atoms with Crippen LogP contribution in [-0.4, -0.2) is 21.7 Å². The predicted molar refractivity (Wildman–Crippen MR) is 74.7 cm³/mol. The number of nitrogens with one attached hydrogen (secondary N) is 1. The van der Waals surface area contributed by atoms with Crippen LogP contribution in [0.3, 0.4) is 0 Å². The summed E-state index contributed by atoms with van der Waals surface area (Å²) in [5.74, 6) is -0.182. The van der Waals surface area contributed by atoms with Crippen LogP contribution < -0.4 is 5.32 Å². The molecule has 1 N–H and O–H groups in total. The number of aromatic nitrogens is 2. The molecule has 1 aliphatic heterocycles. The number of rotatable bonds is 2. The molecule has 7 heteroatoms. The van der Waals surface area contributed by atoms with Gasteiger partial charge in [0, 0.05) is 6.42 Å². The molecule has 2 atom stereocenters. The summed E-state index contributed by atoms with van der Waals surface area (Å²) < 4.78 is 40.9. The summed E-state index contributed by atoms with van der Waals surface area (Å²) >= 11 is 0. The molecule has 0 spiro atoms. The van der Waals surface area contributed by atoms with Gasteiger partial charge in [-0.2, -0.15) is 18.3 Å². The van der Waals surface area contributed by atoms with Gasteiger partial charge in [0.05, 0.1) is 17.8 Å². The first kappa shape index (κ1) is 14.6. The average Bonchev–Trinajstić information content (AvgIpc) is 2.90. The third-order valence-electron chi connectivity index (χ3n) is 3.82. The van der Waals surface area contributed by atoms with Crippen LogP contribution in [0.15, 0.2) is 36.5 Å². The summed E-state index contributed by atoms with van der Waals surface area (Å²) in [6.45, 7) is 1.31. The Balaban J connectivity index is 2.07. The van der Waals surface area contributed by atoms with E-state index in [4.69, 9.17) is 0 Å². The van der Waals surface area contributed by atoms with Gasteiger partial charge in [0.2, 0.25) is 0 Å². The lowest BCUT2D eigenvalue weighted by Gasteiger charge is -2.34. The van der Waals surface area contributed by atoms with Crippen molar-refractivity contribution in [2.75, 3.05) is 5.32 Å². The van der Waals surface area contributed by atoms with Crippen LogP contribution in [-0.2, 0) is 0 Å². The number of carbonyl (C=O) groups excluding carboxylic acids is 1. The standard InChI is InChI=1S/C15H14F3N3O/c1-9(22)11-8-19-21-13(15(16,17)18)7-12(20-14(11)21)10-5-3-2-4-6-10/h2-6,8,12-13,20H,7H2,1H3. The molecule has 2 heterocycles. The maximum Gasteiger partial charge on any atom is 0.410 e. The first-order valence-corrected chi connectivity index (χ1v) is 6.84. The molecule has 0 fully saturated rings. The number of benzene rings is 1. The zero-order valence-corrected chi connectivity index (χ0v) is 11.8. The van der Waals surface area contributed by atoms with Crippen LogP contribution in [0.2, 0.25) is 0 Å². The molecule has 0 radical (unpaired) electrons. The van der Waals surface area contributed by atoms with E-state index >= 15 is 0 Å². The summed E-state index contributed by atoms with van der Waals surface area (Å²) in [6, 6.07) is 6.63. The number of halogens is 3. The van der Waals surface area contributed by atoms with Gasteiger partial charge in [-0.3, -0.25) is 4.79 Å². The molecule has 1 aliphatic rings. The smallest absolute Gasteiger partial charge is 0.363 e. The van der Waals surface area contributed by atoms with E-state index in [9.17, 15) is 18.0 Å². The summed E-state index contributed by atoms with van der Waals surface area (Å²) in [5, 5.41) is 6.79. The molecule has 3 rings (SSSR count). The Morgan fingerprint density at radius 1 is 1.32 bits per heavy atom. The molecule has 0 aliphatic carbocycles. The zero-order chi connectivity index (χ0) is 15.9. The van der Waals surface area contributed by atoms with Crippen molar-refractivity contribution in [2.45, 2.75) is 31.6 Å². The molecule has 0 saturated carbocycles. The van der Waals surface area contributed by atoms with Gasteiger partial charge in [-0.1, -0.05) is 30.3 Å². The van der Waals surface area contributed by atoms with E-state index < -0.39 is 18.3 Å². The first-order valence-electron chi connectivity index (χ1n) is 6.84. The normalized spacial score (nSPS) is 21.1. The molecule has 0 saturated heterocycles. The van der Waals surface area contributed by atoms with Gasteiger partial charge in [0.1, 0.15) is 5.82 Å². The minimum Gasteiger partial charge on any atom is -0.363 e. The second-order valence-electron chi connectivity index (χ2n) is 5.31. The van der Waals surface area contributed by atoms with Crippen LogP contribution in [0.25, 0.3) is 0 Å². The average molecular weight is 309 g/mol. The molecule has 1 aromatic heterocycles. The van der Waals surface area contributed by atoms with Gasteiger partial charge < -0.3 is 5.32 Å². The molecular weight excluding hydrogens is 295 g/mol. The minimum absolute atomic E-state index is 0.134. The second-order valence-corrected chi connectivity index (χ2v) is 5.31. The van der Waals surface area contributed by atoms with Crippen molar-refractivity contribution in [1.82, 2.24) is 9.78 Å². The number of hydrogen-bond acceptors (Lipinski definition) is 3. The maximum atomic E-state index is 13.3. The number of carbonyl (C=O) groups is 1. The third-order valence-corrected chi connectivity index (χ3v) is 3.82. The van der Waals surface area contributed by atoms with Crippen molar-refractivity contribution < 1.29 is 18.0 Å². The van der Waals surface area contributed by atoms with Crippen molar-refractivity contribution in [3.05, 3.63) is 47.7 Å². The number of alkyl halides is 3. The van der Waals surface area contributed by atoms with Crippen molar-refractivity contribution in [1.29, 1.82) is 0 Å². The Labute approximate surface area is 124 Å². The molecule has 1 aromatic carbocycles. The Hall–Kier alpha value is -2.31. The summed E-state index contributed by atoms with van der Waals surface area (Å²) in [5.41, 5.74) is 0.925. The van der Waals surface area contributed by atoms with E-state index in [2.05, 4.69) is 10.4 Å². The maximum absolute atomic E-state index is 13.3. The molecule has 0 bridgehead atoms. The van der Waals surface area contributed by atoms with Crippen LogP contribution in [0.1, 0.15) is 41.3 Å². The van der Waals surface area contributed by atoms with Gasteiger partial charge in [0.25, 0.3) is 0 Å². The molecule has 0 amide bonds. The number of ketones is 1. The highest BCUT2D eigenvalue weighted by atomic mass is 19.4. The largest absolute Gasteiger partial charge is 0.410 e. The van der Waals surface area contributed by atoms with Crippen LogP contribution >= 0.6 is 0 Å². The highest BCUT2D eigenvalue weighted by Crippen LogP contribution is 2.44. The zero-order valence-electron chi connectivity index (χ0n) is 11.8. The van der Waals surface area contributed by atoms with E-state index in [0.29, 0.717) is 0 Å². The van der Waals surface area contributed by atoms with E-state index in [1.807, 2.05) is 0 Å². The highest BCUT2D eigenvalue weighted by molar-refractivity contribution is 5.98. The lowest BCUT2D eigenvalue weighted by molar-refractivity contribution is -0.173. The number of nitrogens with zero attached hydrogens (tertiary/aromatic N) is 2. The van der Waals surface area contributed by atoms with Gasteiger partial charge in [-0.15, -0.1) is 0 Å². The summed E-state index contributed by atoms with van der Waals surface area (Å²) in [6.07, 6.45) is -3.40. The quantitative estimate of drug-likeness (QED) is 0.860. The van der Waals surface area contributed by atoms with Crippen molar-refractivity contribution in [3.63, 3.8) is 0 Å². The second kappa shape index (κ2) is 5.15. The Kier molecular flexibility index (Phi) is 3.42. The van der Waals surface area contributed by atoms with Gasteiger partial charge in [-0.05, 0) is 12.5 Å². The van der Waals surface area contributed by atoms with Gasteiger partial charge >= 0.3 is 6.18 Å². The van der Waals surface area contributed by atoms with E-state index in [0.717, 1.165) is 10.2 Å². The number of hydrogen-bond donors (Lipinski definition) is 1. The summed E-state index contributed by atoms with van der Waals surface area (Å²) in [7, 11) is 0. The fourth-order valence-electron chi connectivity index (χ4n) is 2.72. The molecule has 4 nitrogen and oxygen atoms in total. The lowest BCUT2D eigenvalue weighted by Crippen LogP contribution is -2.36. The topological polar surface area (TPSA) is 46.9 Å². The third kappa shape index (κ3) is 2.47. The van der Waals surface area contributed by atoms with E-state index in [1.165, 1.54) is 13.1 Å². The van der Waals surface area contributed by atoms with E-state index in [-0.39, 0.29) is 23.6 Å². The Morgan fingerprint density at radius 3 is 2.59 bits per heavy atom. The fourth-order valence-corrected chi connectivity index (χ4v) is 2.72. The molecule has 2 unspecified atom stereocenters. The Bertz CT molecular complexity index is 694. The predicted octanol–water partition coefficient (Wildman–Crippen LogP) is 3.75. The monoisotopic (exact) mass is 309 g/mol. The molecule has 116 valence electrons. The molecule has 22 heavy (non-hydrogen) atoms. The lowest BCUT2D eigenvalue weighted by atomic mass is 9.96. The Morgan fingerprint density at radius 2 is 2.00 bits per heavy atom. The van der Waals surface area contributed by atoms with Gasteiger partial charge in [0.15, 0.2) is 11.8 Å². The summed E-state index contributed by atoms with van der Waals surface area (Å²) in [4.78, 5) is 11.6. The number of fused-ring (bicyclic) bond motifs is 1. The van der Waals surface area contributed by atoms with Crippen LogP contribution in [0.4, 0.5) is 19.0 Å². The first-order chi connectivity index (χ1) is 10.4. The van der Waals surface area contributed by atoms with Crippen molar-refractivity contribution in [3.8, 4) is 0 Å². The fraction of sp³-hybridized carbons (Fsp3) is 0.333. The number of Topliss-reactive ketones (excluding diaryl/α,β-unsaturated/α-hetero) is 1.